The van der Waals surface area contributed by atoms with Crippen LogP contribution in [0.15, 0.2) is 45.8 Å². The number of hydrogen-bond acceptors (Lipinski definition) is 4. The lowest BCUT2D eigenvalue weighted by molar-refractivity contribution is 0.0972. The second-order valence-corrected chi connectivity index (χ2v) is 7.13. The van der Waals surface area contributed by atoms with Gasteiger partial charge in [-0.05, 0) is 36.8 Å². The number of benzene rings is 1. The molecule has 0 atom stereocenters. The number of primary amides is 1. The number of nitrogens with two attached hydrogens (primary N) is 1. The molecule has 150 valence electrons. The summed E-state index contributed by atoms with van der Waals surface area (Å²) in [7, 11) is 0. The molecule has 8 heteroatoms. The Labute approximate surface area is 170 Å². The van der Waals surface area contributed by atoms with Gasteiger partial charge in [0.2, 0.25) is 0 Å². The maximum atomic E-state index is 11.1. The van der Waals surface area contributed by atoms with Gasteiger partial charge in [-0.15, -0.1) is 0 Å². The minimum Gasteiger partial charge on any atom is -0.454 e. The Balaban J connectivity index is 1.56. The summed E-state index contributed by atoms with van der Waals surface area (Å²) in [5.41, 5.74) is 6.45. The van der Waals surface area contributed by atoms with Gasteiger partial charge in [0.15, 0.2) is 11.7 Å². The molecule has 0 bridgehead atoms. The van der Waals surface area contributed by atoms with Crippen molar-refractivity contribution in [1.82, 2.24) is 15.1 Å². The zero-order chi connectivity index (χ0) is 19.9. The molecule has 3 rings (SSSR count). The first kappa shape index (κ1) is 20.2. The zero-order valence-corrected chi connectivity index (χ0v) is 16.8. The summed E-state index contributed by atoms with van der Waals surface area (Å²) in [6.45, 7) is 7.75. The second-order valence-electron chi connectivity index (χ2n) is 6.69. The van der Waals surface area contributed by atoms with E-state index in [1.165, 1.54) is 5.56 Å². The number of piperazine rings is 1. The van der Waals surface area contributed by atoms with E-state index in [0.717, 1.165) is 50.3 Å². The number of carbonyl (C=O) groups is 1. The Morgan fingerprint density at radius 3 is 2.68 bits per heavy atom. The predicted octanol–water partition coefficient (Wildman–Crippen LogP) is 2.32. The van der Waals surface area contributed by atoms with E-state index < -0.39 is 5.91 Å². The number of halogens is 1. The highest BCUT2D eigenvalue weighted by atomic mass is 35.5. The van der Waals surface area contributed by atoms with Gasteiger partial charge < -0.3 is 20.4 Å². The molecular weight excluding hydrogens is 378 g/mol. The highest BCUT2D eigenvalue weighted by Gasteiger charge is 2.20. The van der Waals surface area contributed by atoms with Crippen LogP contribution in [-0.4, -0.2) is 54.4 Å². The summed E-state index contributed by atoms with van der Waals surface area (Å²) < 4.78 is 5.41. The Bertz CT molecular complexity index is 828. The van der Waals surface area contributed by atoms with Crippen molar-refractivity contribution in [3.63, 3.8) is 0 Å². The number of amides is 1. The van der Waals surface area contributed by atoms with E-state index in [1.54, 1.807) is 12.1 Å². The number of nitrogens with one attached hydrogen (secondary N) is 1. The molecule has 1 aromatic carbocycles. The molecular formula is C20H26ClN5O2. The van der Waals surface area contributed by atoms with Gasteiger partial charge in [0.25, 0.3) is 5.91 Å². The fourth-order valence-electron chi connectivity index (χ4n) is 3.19. The van der Waals surface area contributed by atoms with E-state index in [1.807, 2.05) is 25.1 Å². The van der Waals surface area contributed by atoms with Gasteiger partial charge in [0.05, 0.1) is 0 Å². The Kier molecular flexibility index (Phi) is 6.95. The summed E-state index contributed by atoms with van der Waals surface area (Å²) in [4.78, 5) is 20.5. The first-order valence-electron chi connectivity index (χ1n) is 9.43. The first-order valence-corrected chi connectivity index (χ1v) is 9.81. The molecule has 3 N–H and O–H groups in total. The molecule has 0 saturated carbocycles. The molecule has 2 aromatic rings. The van der Waals surface area contributed by atoms with Crippen LogP contribution >= 0.6 is 11.6 Å². The molecule has 0 aliphatic carbocycles. The Morgan fingerprint density at radius 1 is 1.25 bits per heavy atom. The largest absolute Gasteiger partial charge is 0.454 e. The lowest BCUT2D eigenvalue weighted by Crippen LogP contribution is -2.52. The van der Waals surface area contributed by atoms with Crippen molar-refractivity contribution < 1.29 is 9.21 Å². The van der Waals surface area contributed by atoms with E-state index in [2.05, 4.69) is 26.2 Å². The molecule has 0 radical (unpaired) electrons. The van der Waals surface area contributed by atoms with Crippen molar-refractivity contribution in [3.05, 3.63) is 58.5 Å². The van der Waals surface area contributed by atoms with Gasteiger partial charge in [-0.1, -0.05) is 23.7 Å². The fraction of sp³-hybridized carbons (Fsp3) is 0.400. The van der Waals surface area contributed by atoms with E-state index in [4.69, 9.17) is 21.8 Å². The number of aliphatic imine (C=N–C) groups is 1. The molecule has 1 aromatic heterocycles. The summed E-state index contributed by atoms with van der Waals surface area (Å²) in [6, 6.07) is 11.3. The maximum Gasteiger partial charge on any atom is 0.284 e. The van der Waals surface area contributed by atoms with Crippen LogP contribution < -0.4 is 11.1 Å². The number of furan rings is 1. The summed E-state index contributed by atoms with van der Waals surface area (Å²) >= 11 is 6.08. The smallest absolute Gasteiger partial charge is 0.284 e. The van der Waals surface area contributed by atoms with Gasteiger partial charge in [-0.25, -0.2) is 4.99 Å². The van der Waals surface area contributed by atoms with E-state index in [0.29, 0.717) is 12.3 Å². The lowest BCUT2D eigenvalue weighted by atomic mass is 10.2. The third kappa shape index (κ3) is 5.50. The monoisotopic (exact) mass is 403 g/mol. The number of nitrogens with zero attached hydrogens (tertiary/aromatic N) is 3. The van der Waals surface area contributed by atoms with Crippen molar-refractivity contribution in [2.45, 2.75) is 20.0 Å². The third-order valence-electron chi connectivity index (χ3n) is 4.59. The lowest BCUT2D eigenvalue weighted by Gasteiger charge is -2.36. The van der Waals surface area contributed by atoms with Gasteiger partial charge in [0, 0.05) is 44.3 Å². The average molecular weight is 404 g/mol. The molecule has 0 unspecified atom stereocenters. The van der Waals surface area contributed by atoms with Gasteiger partial charge >= 0.3 is 0 Å². The molecule has 1 aliphatic heterocycles. The molecule has 0 spiro atoms. The van der Waals surface area contributed by atoms with Gasteiger partial charge in [-0.2, -0.15) is 0 Å². The molecule has 1 saturated heterocycles. The summed E-state index contributed by atoms with van der Waals surface area (Å²) in [5.74, 6) is 1.05. The van der Waals surface area contributed by atoms with Crippen molar-refractivity contribution in [1.29, 1.82) is 0 Å². The topological polar surface area (TPSA) is 87.1 Å². The van der Waals surface area contributed by atoms with E-state index in [-0.39, 0.29) is 5.76 Å². The third-order valence-corrected chi connectivity index (χ3v) is 4.83. The van der Waals surface area contributed by atoms with Crippen LogP contribution in [0.5, 0.6) is 0 Å². The van der Waals surface area contributed by atoms with Crippen molar-refractivity contribution in [2.75, 3.05) is 32.7 Å². The number of guanidine groups is 1. The standard InChI is InChI=1S/C20H26ClN5O2/c1-2-23-20(24-13-17-6-7-18(28-17)19(22)27)26-10-8-25(9-11-26)14-15-4-3-5-16(21)12-15/h3-7,12H,2,8-11,13-14H2,1H3,(H2,22,27)(H,23,24). The quantitative estimate of drug-likeness (QED) is 0.571. The molecule has 7 nitrogen and oxygen atoms in total. The summed E-state index contributed by atoms with van der Waals surface area (Å²) in [5, 5.41) is 4.10. The van der Waals surface area contributed by atoms with Crippen molar-refractivity contribution in [3.8, 4) is 0 Å². The van der Waals surface area contributed by atoms with Crippen LogP contribution in [0.4, 0.5) is 0 Å². The van der Waals surface area contributed by atoms with Crippen molar-refractivity contribution in [2.24, 2.45) is 10.7 Å². The van der Waals surface area contributed by atoms with Gasteiger partial charge in [0.1, 0.15) is 12.3 Å². The SMILES string of the molecule is CCNC(=NCc1ccc(C(N)=O)o1)N1CCN(Cc2cccc(Cl)c2)CC1. The fourth-order valence-corrected chi connectivity index (χ4v) is 3.40. The Hall–Kier alpha value is -2.51. The minimum atomic E-state index is -0.571. The van der Waals surface area contributed by atoms with Crippen LogP contribution in [0.3, 0.4) is 0 Å². The molecule has 1 aliphatic rings. The van der Waals surface area contributed by atoms with Crippen LogP contribution in [0.25, 0.3) is 0 Å². The molecule has 28 heavy (non-hydrogen) atoms. The van der Waals surface area contributed by atoms with E-state index >= 15 is 0 Å². The van der Waals surface area contributed by atoms with Gasteiger partial charge in [-0.3, -0.25) is 9.69 Å². The zero-order valence-electron chi connectivity index (χ0n) is 16.0. The van der Waals surface area contributed by atoms with Crippen LogP contribution in [-0.2, 0) is 13.1 Å². The maximum absolute atomic E-state index is 11.1. The van der Waals surface area contributed by atoms with E-state index in [9.17, 15) is 4.79 Å². The van der Waals surface area contributed by atoms with Crippen LogP contribution in [0.2, 0.25) is 5.02 Å². The van der Waals surface area contributed by atoms with Crippen molar-refractivity contribution >= 4 is 23.5 Å². The molecule has 1 fully saturated rings. The summed E-state index contributed by atoms with van der Waals surface area (Å²) in [6.07, 6.45) is 0. The highest BCUT2D eigenvalue weighted by molar-refractivity contribution is 6.30. The van der Waals surface area contributed by atoms with Crippen LogP contribution in [0.1, 0.15) is 28.8 Å². The average Bonchev–Trinajstić information content (AvgIpc) is 3.15. The number of rotatable bonds is 6. The highest BCUT2D eigenvalue weighted by Crippen LogP contribution is 2.14. The number of carbonyl (C=O) groups excluding carboxylic acids is 1. The molecule has 1 amide bonds. The predicted molar refractivity (Wildman–Crippen MR) is 110 cm³/mol. The normalized spacial score (nSPS) is 15.6. The first-order chi connectivity index (χ1) is 13.5. The second kappa shape index (κ2) is 9.61. The Morgan fingerprint density at radius 2 is 2.04 bits per heavy atom. The molecule has 2 heterocycles. The number of hydrogen-bond donors (Lipinski definition) is 2. The minimum absolute atomic E-state index is 0.157. The van der Waals surface area contributed by atoms with Crippen LogP contribution in [0, 0.1) is 0 Å².